The first-order chi connectivity index (χ1) is 13.4. The Morgan fingerprint density at radius 3 is 2.50 bits per heavy atom. The van der Waals surface area contributed by atoms with Gasteiger partial charge in [0.05, 0.1) is 18.1 Å². The lowest BCUT2D eigenvalue weighted by atomic mass is 10.1. The Morgan fingerprint density at radius 1 is 1.14 bits per heavy atom. The van der Waals surface area contributed by atoms with E-state index in [4.69, 9.17) is 9.47 Å². The van der Waals surface area contributed by atoms with E-state index >= 15 is 0 Å². The third-order valence-corrected chi connectivity index (χ3v) is 7.11. The summed E-state index contributed by atoms with van der Waals surface area (Å²) in [6, 6.07) is 4.61. The fourth-order valence-electron chi connectivity index (χ4n) is 4.08. The molecule has 0 N–H and O–H groups in total. The van der Waals surface area contributed by atoms with Crippen molar-refractivity contribution < 1.29 is 27.5 Å². The molecule has 1 aromatic carbocycles. The number of carbonyl (C=O) groups is 2. The van der Waals surface area contributed by atoms with E-state index in [0.717, 1.165) is 32.0 Å². The van der Waals surface area contributed by atoms with Gasteiger partial charge in [-0.05, 0) is 44.4 Å². The minimum absolute atomic E-state index is 0.0352. The van der Waals surface area contributed by atoms with E-state index in [1.807, 2.05) is 6.92 Å². The molecule has 2 fully saturated rings. The Morgan fingerprint density at radius 2 is 1.89 bits per heavy atom. The largest absolute Gasteiger partial charge is 0.490 e. The second-order valence-corrected chi connectivity index (χ2v) is 9.57. The Bertz CT molecular complexity index is 816. The maximum absolute atomic E-state index is 13.0. The quantitative estimate of drug-likeness (QED) is 0.612. The minimum Gasteiger partial charge on any atom is -0.490 e. The van der Waals surface area contributed by atoms with E-state index < -0.39 is 9.84 Å². The van der Waals surface area contributed by atoms with Crippen molar-refractivity contribution in [1.29, 1.82) is 0 Å². The molecule has 154 valence electrons. The first kappa shape index (κ1) is 20.6. The maximum atomic E-state index is 13.0. The van der Waals surface area contributed by atoms with Crippen LogP contribution in [-0.4, -0.2) is 62.3 Å². The number of hydrogen-bond acceptors (Lipinski definition) is 6. The van der Waals surface area contributed by atoms with Gasteiger partial charge in [0.25, 0.3) is 5.91 Å². The third-order valence-electron chi connectivity index (χ3n) is 5.36. The van der Waals surface area contributed by atoms with Crippen LogP contribution in [0.3, 0.4) is 0 Å². The number of benzene rings is 1. The van der Waals surface area contributed by atoms with Crippen LogP contribution in [0.2, 0.25) is 0 Å². The molecule has 1 aromatic rings. The van der Waals surface area contributed by atoms with Crippen LogP contribution in [0.5, 0.6) is 11.5 Å². The van der Waals surface area contributed by atoms with E-state index in [0.29, 0.717) is 30.1 Å². The average molecular weight is 410 g/mol. The molecule has 28 heavy (non-hydrogen) atoms. The second-order valence-electron chi connectivity index (χ2n) is 7.34. The van der Waals surface area contributed by atoms with Gasteiger partial charge in [-0.2, -0.15) is 0 Å². The zero-order chi connectivity index (χ0) is 20.1. The topological polar surface area (TPSA) is 90.0 Å². The van der Waals surface area contributed by atoms with E-state index in [9.17, 15) is 18.0 Å². The van der Waals surface area contributed by atoms with E-state index in [-0.39, 0.29) is 36.1 Å². The summed E-state index contributed by atoms with van der Waals surface area (Å²) in [5.74, 6) is 0.780. The molecule has 1 aliphatic heterocycles. The summed E-state index contributed by atoms with van der Waals surface area (Å²) >= 11 is 0. The van der Waals surface area contributed by atoms with E-state index in [1.54, 1.807) is 23.1 Å². The number of rotatable bonds is 8. The van der Waals surface area contributed by atoms with E-state index in [2.05, 4.69) is 0 Å². The number of nitrogens with zero attached hydrogens (tertiary/aromatic N) is 1. The van der Waals surface area contributed by atoms with Crippen LogP contribution in [0.15, 0.2) is 18.2 Å². The molecule has 2 aliphatic rings. The van der Waals surface area contributed by atoms with Crippen molar-refractivity contribution in [3.8, 4) is 11.5 Å². The van der Waals surface area contributed by atoms with Crippen LogP contribution >= 0.6 is 0 Å². The van der Waals surface area contributed by atoms with Gasteiger partial charge in [0.1, 0.15) is 6.29 Å². The van der Waals surface area contributed by atoms with Crippen LogP contribution in [-0.2, 0) is 14.6 Å². The summed E-state index contributed by atoms with van der Waals surface area (Å²) in [6.07, 6.45) is 5.12. The molecule has 0 unspecified atom stereocenters. The molecule has 8 heteroatoms. The molecule has 1 amide bonds. The summed E-state index contributed by atoms with van der Waals surface area (Å²) in [5.41, 5.74) is 0.464. The van der Waals surface area contributed by atoms with Crippen LogP contribution in [0.1, 0.15) is 49.4 Å². The molecule has 7 nitrogen and oxygen atoms in total. The minimum atomic E-state index is -3.08. The molecule has 3 rings (SSSR count). The predicted octanol–water partition coefficient (Wildman–Crippen LogP) is 2.23. The lowest BCUT2D eigenvalue weighted by Gasteiger charge is -2.34. The van der Waals surface area contributed by atoms with Crippen molar-refractivity contribution in [3.63, 3.8) is 0 Å². The zero-order valence-corrected chi connectivity index (χ0v) is 16.9. The molecule has 0 bridgehead atoms. The van der Waals surface area contributed by atoms with Crippen molar-refractivity contribution in [2.75, 3.05) is 24.7 Å². The van der Waals surface area contributed by atoms with Gasteiger partial charge in [-0.25, -0.2) is 8.42 Å². The predicted molar refractivity (Wildman–Crippen MR) is 105 cm³/mol. The summed E-state index contributed by atoms with van der Waals surface area (Å²) in [4.78, 5) is 25.7. The van der Waals surface area contributed by atoms with Crippen LogP contribution < -0.4 is 9.47 Å². The van der Waals surface area contributed by atoms with Crippen LogP contribution in [0.4, 0.5) is 0 Å². The monoisotopic (exact) mass is 409 g/mol. The number of amides is 1. The summed E-state index contributed by atoms with van der Waals surface area (Å²) in [5, 5.41) is 0. The Labute approximate surface area is 165 Å². The lowest BCUT2D eigenvalue weighted by molar-refractivity contribution is -0.137. The Balaban J connectivity index is 1.73. The van der Waals surface area contributed by atoms with Gasteiger partial charge in [0.15, 0.2) is 27.9 Å². The second kappa shape index (κ2) is 8.94. The number of sulfone groups is 1. The van der Waals surface area contributed by atoms with Crippen molar-refractivity contribution in [2.45, 2.75) is 51.1 Å². The summed E-state index contributed by atoms with van der Waals surface area (Å²) < 4.78 is 35.1. The number of aldehydes is 1. The Kier molecular flexibility index (Phi) is 6.59. The standard InChI is InChI=1S/C20H27NO6S/c1-2-26-19-11-15(12-22)7-8-18(19)27-13-20(23)21(16-5-3-4-6-16)17-9-10-28(24,25)14-17/h7-8,11-12,16-17H,2-6,9-10,13-14H2,1H3/t17-/m1/s1. The molecule has 1 saturated heterocycles. The number of carbonyl (C=O) groups excluding carboxylic acids is 2. The fourth-order valence-corrected chi connectivity index (χ4v) is 5.79. The van der Waals surface area contributed by atoms with Gasteiger partial charge in [0, 0.05) is 17.6 Å². The molecule has 0 aromatic heterocycles. The molecular formula is C20H27NO6S. The van der Waals surface area contributed by atoms with Crippen molar-refractivity contribution in [3.05, 3.63) is 23.8 Å². The van der Waals surface area contributed by atoms with Crippen molar-refractivity contribution >= 4 is 22.0 Å². The maximum Gasteiger partial charge on any atom is 0.261 e. The lowest BCUT2D eigenvalue weighted by Crippen LogP contribution is -2.48. The zero-order valence-electron chi connectivity index (χ0n) is 16.1. The van der Waals surface area contributed by atoms with Crippen LogP contribution in [0.25, 0.3) is 0 Å². The SMILES string of the molecule is CCOc1cc(C=O)ccc1OCC(=O)N(C1CCCC1)[C@@H]1CCS(=O)(=O)C1. The van der Waals surface area contributed by atoms with Gasteiger partial charge < -0.3 is 14.4 Å². The highest BCUT2D eigenvalue weighted by Crippen LogP contribution is 2.31. The van der Waals surface area contributed by atoms with E-state index in [1.165, 1.54) is 0 Å². The van der Waals surface area contributed by atoms with Gasteiger partial charge >= 0.3 is 0 Å². The highest BCUT2D eigenvalue weighted by Gasteiger charge is 2.39. The van der Waals surface area contributed by atoms with Crippen LogP contribution in [0, 0.1) is 0 Å². The molecule has 0 spiro atoms. The molecule has 1 heterocycles. The average Bonchev–Trinajstić information content (AvgIpc) is 3.31. The number of ether oxygens (including phenoxy) is 2. The first-order valence-corrected chi connectivity index (χ1v) is 11.6. The van der Waals surface area contributed by atoms with Gasteiger partial charge in [-0.3, -0.25) is 9.59 Å². The number of hydrogen-bond donors (Lipinski definition) is 0. The normalized spacial score (nSPS) is 21.4. The molecular weight excluding hydrogens is 382 g/mol. The molecule has 1 atom stereocenters. The highest BCUT2D eigenvalue weighted by atomic mass is 32.2. The first-order valence-electron chi connectivity index (χ1n) is 9.80. The Hall–Kier alpha value is -2.09. The third kappa shape index (κ3) is 4.84. The van der Waals surface area contributed by atoms with Crippen molar-refractivity contribution in [1.82, 2.24) is 4.90 Å². The van der Waals surface area contributed by atoms with Gasteiger partial charge in [0.2, 0.25) is 0 Å². The van der Waals surface area contributed by atoms with Gasteiger partial charge in [-0.1, -0.05) is 12.8 Å². The van der Waals surface area contributed by atoms with Gasteiger partial charge in [-0.15, -0.1) is 0 Å². The molecule has 0 radical (unpaired) electrons. The molecule has 1 saturated carbocycles. The summed E-state index contributed by atoms with van der Waals surface area (Å²) in [7, 11) is -3.08. The fraction of sp³-hybridized carbons (Fsp3) is 0.600. The van der Waals surface area contributed by atoms with Crippen molar-refractivity contribution in [2.24, 2.45) is 0 Å². The summed E-state index contributed by atoms with van der Waals surface area (Å²) in [6.45, 7) is 2.04. The molecule has 1 aliphatic carbocycles. The smallest absolute Gasteiger partial charge is 0.261 e. The highest BCUT2D eigenvalue weighted by molar-refractivity contribution is 7.91.